The normalized spacial score (nSPS) is 21.1. The van der Waals surface area contributed by atoms with Crippen LogP contribution in [0.25, 0.3) is 0 Å². The number of methoxy groups -OCH3 is 2. The van der Waals surface area contributed by atoms with E-state index >= 15 is 0 Å². The number of nitrogens with zero attached hydrogens (tertiary/aromatic N) is 2. The molecular weight excluding hydrogens is 426 g/mol. The highest BCUT2D eigenvalue weighted by Gasteiger charge is 2.44. The maximum atomic E-state index is 13.5. The second kappa shape index (κ2) is 9.50. The van der Waals surface area contributed by atoms with Gasteiger partial charge in [-0.15, -0.1) is 0 Å². The number of amidine groups is 1. The lowest BCUT2D eigenvalue weighted by atomic mass is 9.83. The lowest BCUT2D eigenvalue weighted by Crippen LogP contribution is -2.51. The highest BCUT2D eigenvalue weighted by molar-refractivity contribution is 6.29. The number of hydrazine groups is 1. The minimum absolute atomic E-state index is 0.0340. The number of carbonyl (C=O) groups is 3. The van der Waals surface area contributed by atoms with Crippen LogP contribution < -0.4 is 5.43 Å². The number of aliphatic imine (C=N–C) groups is 1. The fourth-order valence-electron chi connectivity index (χ4n) is 3.93. The fourth-order valence-corrected chi connectivity index (χ4v) is 3.93. The van der Waals surface area contributed by atoms with E-state index in [2.05, 4.69) is 5.43 Å². The number of carbonyl (C=O) groups excluding carboxylic acids is 3. The molecular formula is C24H26N3O6+. The van der Waals surface area contributed by atoms with Gasteiger partial charge in [-0.1, -0.05) is 41.4 Å². The molecule has 1 fully saturated rings. The van der Waals surface area contributed by atoms with Crippen LogP contribution in [-0.4, -0.2) is 54.3 Å². The third kappa shape index (κ3) is 4.49. The first-order valence-electron chi connectivity index (χ1n) is 10.8. The molecule has 3 aliphatic rings. The van der Waals surface area contributed by atoms with Gasteiger partial charge in [0, 0.05) is 25.7 Å². The van der Waals surface area contributed by atoms with Crippen molar-refractivity contribution in [3.63, 3.8) is 0 Å². The van der Waals surface area contributed by atoms with Gasteiger partial charge in [0.1, 0.15) is 17.4 Å². The van der Waals surface area contributed by atoms with E-state index in [9.17, 15) is 14.4 Å². The Morgan fingerprint density at radius 1 is 1.18 bits per heavy atom. The maximum absolute atomic E-state index is 13.5. The van der Waals surface area contributed by atoms with Crippen molar-refractivity contribution in [2.75, 3.05) is 14.2 Å². The molecule has 172 valence electrons. The van der Waals surface area contributed by atoms with Gasteiger partial charge < -0.3 is 14.2 Å². The van der Waals surface area contributed by atoms with Crippen molar-refractivity contribution in [2.24, 2.45) is 10.9 Å². The van der Waals surface area contributed by atoms with Crippen LogP contribution >= 0.6 is 0 Å². The van der Waals surface area contributed by atoms with Crippen LogP contribution in [0.2, 0.25) is 0 Å². The van der Waals surface area contributed by atoms with E-state index in [-0.39, 0.29) is 5.92 Å². The van der Waals surface area contributed by atoms with E-state index in [1.807, 2.05) is 0 Å². The van der Waals surface area contributed by atoms with Gasteiger partial charge in [-0.05, 0) is 23.9 Å². The van der Waals surface area contributed by atoms with Crippen LogP contribution in [0.15, 0.2) is 58.8 Å². The number of benzene rings is 1. The monoisotopic (exact) mass is 452 g/mol. The number of ether oxygens (including phenoxy) is 3. The summed E-state index contributed by atoms with van der Waals surface area (Å²) < 4.78 is 17.3. The van der Waals surface area contributed by atoms with Gasteiger partial charge in [-0.25, -0.2) is 4.79 Å². The minimum Gasteiger partial charge on any atom is -0.498 e. The molecule has 1 aliphatic heterocycles. The summed E-state index contributed by atoms with van der Waals surface area (Å²) in [6.45, 7) is 1.23. The molecule has 9 heteroatoms. The Bertz CT molecular complexity index is 1100. The Kier molecular flexibility index (Phi) is 6.50. The zero-order valence-electron chi connectivity index (χ0n) is 18.7. The molecule has 0 spiro atoms. The number of esters is 1. The summed E-state index contributed by atoms with van der Waals surface area (Å²) in [5.41, 5.74) is 3.92. The van der Waals surface area contributed by atoms with Gasteiger partial charge >= 0.3 is 23.6 Å². The first-order chi connectivity index (χ1) is 15.9. The van der Waals surface area contributed by atoms with E-state index in [0.29, 0.717) is 28.4 Å². The van der Waals surface area contributed by atoms with Gasteiger partial charge in [0.25, 0.3) is 0 Å². The first-order valence-corrected chi connectivity index (χ1v) is 10.8. The molecule has 0 bridgehead atoms. The van der Waals surface area contributed by atoms with E-state index in [1.54, 1.807) is 42.5 Å². The Morgan fingerprint density at radius 2 is 1.91 bits per heavy atom. The summed E-state index contributed by atoms with van der Waals surface area (Å²) in [5.74, 6) is -0.651. The lowest BCUT2D eigenvalue weighted by Gasteiger charge is -2.27. The summed E-state index contributed by atoms with van der Waals surface area (Å²) in [7, 11) is 3.04. The molecule has 2 unspecified atom stereocenters. The van der Waals surface area contributed by atoms with Gasteiger partial charge in [0.05, 0.1) is 13.0 Å². The van der Waals surface area contributed by atoms with Crippen LogP contribution in [-0.2, 0) is 28.6 Å². The predicted octanol–water partition coefficient (Wildman–Crippen LogP) is 2.00. The van der Waals surface area contributed by atoms with Crippen LogP contribution in [0.3, 0.4) is 0 Å². The molecule has 1 heterocycles. The molecule has 0 aromatic heterocycles. The van der Waals surface area contributed by atoms with Crippen LogP contribution in [0.4, 0.5) is 0 Å². The Morgan fingerprint density at radius 3 is 2.48 bits per heavy atom. The van der Waals surface area contributed by atoms with Crippen molar-refractivity contribution in [1.82, 2.24) is 5.43 Å². The number of fused-ring (bicyclic) bond motifs is 1. The highest BCUT2D eigenvalue weighted by Crippen LogP contribution is 2.31. The Labute approximate surface area is 191 Å². The van der Waals surface area contributed by atoms with E-state index in [1.165, 1.54) is 25.8 Å². The van der Waals surface area contributed by atoms with E-state index < -0.39 is 30.0 Å². The first kappa shape index (κ1) is 22.6. The summed E-state index contributed by atoms with van der Waals surface area (Å²) in [6.07, 6.45) is 4.28. The molecule has 0 radical (unpaired) electrons. The van der Waals surface area contributed by atoms with Crippen molar-refractivity contribution in [1.29, 1.82) is 0 Å². The zero-order valence-corrected chi connectivity index (χ0v) is 18.7. The van der Waals surface area contributed by atoms with Gasteiger partial charge in [-0.3, -0.25) is 9.59 Å². The molecule has 1 saturated carbocycles. The number of hydrogen-bond acceptors (Lipinski definition) is 7. The zero-order chi connectivity index (χ0) is 23.5. The molecule has 1 aromatic rings. The summed E-state index contributed by atoms with van der Waals surface area (Å²) in [4.78, 5) is 43.1. The second-order valence-corrected chi connectivity index (χ2v) is 7.99. The molecule has 9 nitrogen and oxygen atoms in total. The summed E-state index contributed by atoms with van der Waals surface area (Å²) >= 11 is 0. The average Bonchev–Trinajstić information content (AvgIpc) is 2.78. The molecule has 2 aliphatic carbocycles. The van der Waals surface area contributed by atoms with Gasteiger partial charge in [0.2, 0.25) is 6.10 Å². The number of amides is 2. The lowest BCUT2D eigenvalue weighted by molar-refractivity contribution is -0.497. The second-order valence-electron chi connectivity index (χ2n) is 7.99. The highest BCUT2D eigenvalue weighted by atomic mass is 16.5. The number of hydrazone groups is 1. The van der Waals surface area contributed by atoms with E-state index in [4.69, 9.17) is 19.2 Å². The topological polar surface area (TPSA) is 106 Å². The van der Waals surface area contributed by atoms with Crippen LogP contribution in [0.1, 0.15) is 37.9 Å². The number of allylic oxidation sites excluding steroid dienone is 1. The van der Waals surface area contributed by atoms with Gasteiger partial charge in [0.15, 0.2) is 5.71 Å². The molecule has 0 saturated heterocycles. The molecule has 1 aromatic carbocycles. The van der Waals surface area contributed by atoms with Crippen molar-refractivity contribution in [3.05, 3.63) is 59.4 Å². The third-order valence-corrected chi connectivity index (χ3v) is 5.86. The van der Waals surface area contributed by atoms with Crippen molar-refractivity contribution in [3.8, 4) is 0 Å². The fraction of sp³-hybridized carbons (Fsp3) is 0.375. The molecule has 4 rings (SSSR count). The van der Waals surface area contributed by atoms with Crippen molar-refractivity contribution < 1.29 is 33.3 Å². The molecule has 2 amide bonds. The largest absolute Gasteiger partial charge is 0.498 e. The van der Waals surface area contributed by atoms with Crippen molar-refractivity contribution in [2.45, 2.75) is 38.4 Å². The average molecular weight is 452 g/mol. The third-order valence-electron chi connectivity index (χ3n) is 5.86. The van der Waals surface area contributed by atoms with Crippen molar-refractivity contribution >= 4 is 29.3 Å². The number of hydrogen-bond donors (Lipinski definition) is 1. The number of nitrogens with one attached hydrogen (secondary N) is 1. The van der Waals surface area contributed by atoms with E-state index in [0.717, 1.165) is 19.3 Å². The smallest absolute Gasteiger partial charge is 0.368 e. The molecule has 2 atom stereocenters. The Balaban J connectivity index is 1.72. The quantitative estimate of drug-likeness (QED) is 0.501. The number of rotatable bonds is 7. The molecule has 33 heavy (non-hydrogen) atoms. The maximum Gasteiger partial charge on any atom is 0.368 e. The Hall–Kier alpha value is -3.59. The standard InChI is InChI=1S/C24H25N3O6/c1-14(28)33-21(15-8-5-4-6-9-15)23(29)26-27-22(16-10-7-11-16)25-18-13-20(32-3)19(31-2)12-17(18)24(27)30/h4-6,8-9,12-13,16,19,21H,7,10-11H2,1-3H3/p+1. The summed E-state index contributed by atoms with van der Waals surface area (Å²) in [6, 6.07) is 8.64. The SMILES string of the molecule is COC1=CC2=NC(C3CCC3)=[N+](NC(=O)C(OC(C)=O)c3ccccc3)C(=O)C2=CC1OC. The predicted molar refractivity (Wildman–Crippen MR) is 118 cm³/mol. The van der Waals surface area contributed by atoms with Gasteiger partial charge in [-0.2, -0.15) is 5.43 Å². The van der Waals surface area contributed by atoms with Crippen LogP contribution in [0.5, 0.6) is 0 Å². The van der Waals surface area contributed by atoms with Crippen LogP contribution in [0, 0.1) is 5.92 Å². The molecule has 1 N–H and O–H groups in total. The summed E-state index contributed by atoms with van der Waals surface area (Å²) in [5, 5.41) is 0. The minimum atomic E-state index is -1.21.